The molecule has 4 nitrogen and oxygen atoms in total. The lowest BCUT2D eigenvalue weighted by Gasteiger charge is -2.14. The first-order valence-electron chi connectivity index (χ1n) is 5.59. The fourth-order valence-electron chi connectivity index (χ4n) is 1.73. The minimum Gasteiger partial charge on any atom is -0.319 e. The summed E-state index contributed by atoms with van der Waals surface area (Å²) in [4.78, 5) is 0. The first-order valence-corrected chi connectivity index (χ1v) is 5.97. The van der Waals surface area contributed by atoms with Crippen molar-refractivity contribution in [1.82, 2.24) is 20.1 Å². The normalized spacial score (nSPS) is 12.7. The van der Waals surface area contributed by atoms with Gasteiger partial charge >= 0.3 is 0 Å². The van der Waals surface area contributed by atoms with E-state index in [1.807, 2.05) is 18.5 Å². The van der Waals surface area contributed by atoms with Crippen LogP contribution in [0.1, 0.15) is 24.4 Å². The SMILES string of the molecule is CC(NCc1c(F)cccc1Cl)c1nncn1C. The second-order valence-electron chi connectivity index (χ2n) is 4.10. The molecule has 96 valence electrons. The first kappa shape index (κ1) is 13.0. The van der Waals surface area contributed by atoms with E-state index in [2.05, 4.69) is 15.5 Å². The summed E-state index contributed by atoms with van der Waals surface area (Å²) >= 11 is 5.96. The molecule has 1 N–H and O–H groups in total. The average Bonchev–Trinajstić information content (AvgIpc) is 2.74. The van der Waals surface area contributed by atoms with Crippen molar-refractivity contribution in [2.45, 2.75) is 19.5 Å². The second kappa shape index (κ2) is 5.46. The van der Waals surface area contributed by atoms with Gasteiger partial charge in [0.25, 0.3) is 0 Å². The van der Waals surface area contributed by atoms with E-state index in [0.717, 1.165) is 5.82 Å². The number of halogens is 2. The molecule has 1 atom stereocenters. The monoisotopic (exact) mass is 268 g/mol. The Morgan fingerprint density at radius 3 is 2.89 bits per heavy atom. The Morgan fingerprint density at radius 2 is 2.28 bits per heavy atom. The van der Waals surface area contributed by atoms with Crippen LogP contribution in [0.25, 0.3) is 0 Å². The largest absolute Gasteiger partial charge is 0.319 e. The highest BCUT2D eigenvalue weighted by molar-refractivity contribution is 6.31. The fraction of sp³-hybridized carbons (Fsp3) is 0.333. The van der Waals surface area contributed by atoms with Gasteiger partial charge in [-0.1, -0.05) is 17.7 Å². The zero-order chi connectivity index (χ0) is 13.1. The van der Waals surface area contributed by atoms with Crippen LogP contribution in [0.2, 0.25) is 5.02 Å². The highest BCUT2D eigenvalue weighted by Crippen LogP contribution is 2.19. The van der Waals surface area contributed by atoms with Crippen molar-refractivity contribution in [3.63, 3.8) is 0 Å². The number of aromatic nitrogens is 3. The van der Waals surface area contributed by atoms with Crippen LogP contribution in [0.4, 0.5) is 4.39 Å². The molecule has 1 heterocycles. The zero-order valence-electron chi connectivity index (χ0n) is 10.2. The van der Waals surface area contributed by atoms with Crippen LogP contribution in [0.15, 0.2) is 24.5 Å². The van der Waals surface area contributed by atoms with E-state index >= 15 is 0 Å². The van der Waals surface area contributed by atoms with Gasteiger partial charge in [0.2, 0.25) is 0 Å². The van der Waals surface area contributed by atoms with Crippen LogP contribution in [-0.4, -0.2) is 14.8 Å². The standard InChI is InChI=1S/C12H14ClFN4/c1-8(12-17-16-7-18(12)2)15-6-9-10(13)4-3-5-11(9)14/h3-5,7-8,15H,6H2,1-2H3. The molecular weight excluding hydrogens is 255 g/mol. The summed E-state index contributed by atoms with van der Waals surface area (Å²) in [7, 11) is 1.86. The maximum atomic E-state index is 13.6. The Hall–Kier alpha value is -1.46. The Bertz CT molecular complexity index is 520. The molecule has 0 spiro atoms. The Labute approximate surface area is 110 Å². The maximum Gasteiger partial charge on any atom is 0.149 e. The van der Waals surface area contributed by atoms with Crippen molar-refractivity contribution in [3.05, 3.63) is 46.8 Å². The summed E-state index contributed by atoms with van der Waals surface area (Å²) in [6.07, 6.45) is 1.63. The molecule has 0 radical (unpaired) electrons. The lowest BCUT2D eigenvalue weighted by molar-refractivity contribution is 0.513. The number of hydrogen-bond donors (Lipinski definition) is 1. The van der Waals surface area contributed by atoms with E-state index in [4.69, 9.17) is 11.6 Å². The number of benzene rings is 1. The van der Waals surface area contributed by atoms with Gasteiger partial charge in [-0.3, -0.25) is 0 Å². The number of hydrogen-bond acceptors (Lipinski definition) is 3. The smallest absolute Gasteiger partial charge is 0.149 e. The van der Waals surface area contributed by atoms with Crippen molar-refractivity contribution in [3.8, 4) is 0 Å². The van der Waals surface area contributed by atoms with Gasteiger partial charge in [-0.05, 0) is 19.1 Å². The third-order valence-electron chi connectivity index (χ3n) is 2.78. The van der Waals surface area contributed by atoms with Gasteiger partial charge in [0.1, 0.15) is 18.0 Å². The summed E-state index contributed by atoms with van der Waals surface area (Å²) in [5.41, 5.74) is 0.466. The number of rotatable bonds is 4. The van der Waals surface area contributed by atoms with E-state index < -0.39 is 0 Å². The van der Waals surface area contributed by atoms with Crippen molar-refractivity contribution in [2.24, 2.45) is 7.05 Å². The molecule has 0 amide bonds. The minimum atomic E-state index is -0.305. The molecule has 0 saturated heterocycles. The summed E-state index contributed by atoms with van der Waals surface area (Å²) in [5.74, 6) is 0.489. The number of nitrogens with zero attached hydrogens (tertiary/aromatic N) is 3. The van der Waals surface area contributed by atoms with Gasteiger partial charge in [-0.15, -0.1) is 10.2 Å². The quantitative estimate of drug-likeness (QED) is 0.926. The van der Waals surface area contributed by atoms with Gasteiger partial charge < -0.3 is 9.88 Å². The second-order valence-corrected chi connectivity index (χ2v) is 4.51. The van der Waals surface area contributed by atoms with Gasteiger partial charge in [0.05, 0.1) is 6.04 Å². The van der Waals surface area contributed by atoms with E-state index in [-0.39, 0.29) is 11.9 Å². The third-order valence-corrected chi connectivity index (χ3v) is 3.13. The third kappa shape index (κ3) is 2.68. The fourth-order valence-corrected chi connectivity index (χ4v) is 1.96. The molecule has 1 unspecified atom stereocenters. The molecule has 0 aliphatic rings. The van der Waals surface area contributed by atoms with Crippen LogP contribution in [0.5, 0.6) is 0 Å². The number of aryl methyl sites for hydroxylation is 1. The van der Waals surface area contributed by atoms with Gasteiger partial charge in [-0.25, -0.2) is 4.39 Å². The predicted molar refractivity (Wildman–Crippen MR) is 67.7 cm³/mol. The van der Waals surface area contributed by atoms with Crippen molar-refractivity contribution in [2.75, 3.05) is 0 Å². The molecule has 0 saturated carbocycles. The highest BCUT2D eigenvalue weighted by Gasteiger charge is 2.13. The average molecular weight is 269 g/mol. The molecule has 1 aromatic carbocycles. The van der Waals surface area contributed by atoms with Crippen LogP contribution in [0, 0.1) is 5.82 Å². The van der Waals surface area contributed by atoms with E-state index in [1.54, 1.807) is 18.5 Å². The topological polar surface area (TPSA) is 42.7 Å². The zero-order valence-corrected chi connectivity index (χ0v) is 10.9. The minimum absolute atomic E-state index is 0.0341. The number of nitrogens with one attached hydrogen (secondary N) is 1. The molecule has 0 fully saturated rings. The van der Waals surface area contributed by atoms with Gasteiger partial charge in [0, 0.05) is 24.2 Å². The Balaban J connectivity index is 2.06. The summed E-state index contributed by atoms with van der Waals surface area (Å²) in [6, 6.07) is 4.63. The predicted octanol–water partition coefficient (Wildman–Crippen LogP) is 2.46. The van der Waals surface area contributed by atoms with Crippen molar-refractivity contribution in [1.29, 1.82) is 0 Å². The molecule has 18 heavy (non-hydrogen) atoms. The van der Waals surface area contributed by atoms with Crippen LogP contribution in [-0.2, 0) is 13.6 Å². The Morgan fingerprint density at radius 1 is 1.50 bits per heavy atom. The molecule has 0 aliphatic heterocycles. The van der Waals surface area contributed by atoms with Crippen LogP contribution in [0.3, 0.4) is 0 Å². The maximum absolute atomic E-state index is 13.6. The summed E-state index contributed by atoms with van der Waals surface area (Å²) in [6.45, 7) is 2.29. The summed E-state index contributed by atoms with van der Waals surface area (Å²) in [5, 5.41) is 11.4. The van der Waals surface area contributed by atoms with E-state index in [9.17, 15) is 4.39 Å². The molecule has 6 heteroatoms. The molecule has 0 bridgehead atoms. The Kier molecular flexibility index (Phi) is 3.93. The van der Waals surface area contributed by atoms with E-state index in [0.29, 0.717) is 17.1 Å². The van der Waals surface area contributed by atoms with Crippen molar-refractivity contribution >= 4 is 11.6 Å². The lowest BCUT2D eigenvalue weighted by atomic mass is 10.2. The molecule has 2 rings (SSSR count). The van der Waals surface area contributed by atoms with E-state index in [1.165, 1.54) is 6.07 Å². The molecule has 1 aromatic heterocycles. The van der Waals surface area contributed by atoms with Crippen molar-refractivity contribution < 1.29 is 4.39 Å². The highest BCUT2D eigenvalue weighted by atomic mass is 35.5. The van der Waals surface area contributed by atoms with Gasteiger partial charge in [-0.2, -0.15) is 0 Å². The lowest BCUT2D eigenvalue weighted by Crippen LogP contribution is -2.21. The molecule has 2 aromatic rings. The van der Waals surface area contributed by atoms with Gasteiger partial charge in [0.15, 0.2) is 0 Å². The molecule has 0 aliphatic carbocycles. The van der Waals surface area contributed by atoms with Crippen LogP contribution >= 0.6 is 11.6 Å². The molecular formula is C12H14ClFN4. The van der Waals surface area contributed by atoms with Crippen LogP contribution < -0.4 is 5.32 Å². The first-order chi connectivity index (χ1) is 8.59. The summed E-state index contributed by atoms with van der Waals surface area (Å²) < 4.78 is 15.4.